The lowest BCUT2D eigenvalue weighted by Crippen LogP contribution is -2.62. The van der Waals surface area contributed by atoms with Gasteiger partial charge in [-0.2, -0.15) is 0 Å². The fourth-order valence-electron chi connectivity index (χ4n) is 4.14. The average Bonchev–Trinajstić information content (AvgIpc) is 2.87. The van der Waals surface area contributed by atoms with Gasteiger partial charge in [-0.15, -0.1) is 0 Å². The molecule has 1 aliphatic rings. The highest BCUT2D eigenvalue weighted by Gasteiger charge is 2.38. The van der Waals surface area contributed by atoms with Gasteiger partial charge in [-0.1, -0.05) is 30.3 Å². The van der Waals surface area contributed by atoms with Gasteiger partial charge >= 0.3 is 0 Å². The molecule has 4 nitrogen and oxygen atoms in total. The van der Waals surface area contributed by atoms with Crippen molar-refractivity contribution in [2.24, 2.45) is 0 Å². The van der Waals surface area contributed by atoms with Crippen LogP contribution in [0.15, 0.2) is 40.8 Å². The van der Waals surface area contributed by atoms with E-state index in [1.165, 1.54) is 0 Å². The van der Waals surface area contributed by atoms with Gasteiger partial charge in [0.25, 0.3) is 5.91 Å². The first-order chi connectivity index (χ1) is 11.7. The van der Waals surface area contributed by atoms with E-state index in [4.69, 9.17) is 4.42 Å². The van der Waals surface area contributed by atoms with E-state index in [2.05, 4.69) is 38.3 Å². The maximum atomic E-state index is 12.8. The van der Waals surface area contributed by atoms with Crippen molar-refractivity contribution in [2.45, 2.75) is 64.6 Å². The van der Waals surface area contributed by atoms with Crippen molar-refractivity contribution in [3.8, 4) is 11.3 Å². The van der Waals surface area contributed by atoms with Crippen molar-refractivity contribution in [3.05, 3.63) is 47.7 Å². The lowest BCUT2D eigenvalue weighted by Gasteiger charge is -2.46. The number of furan rings is 1. The van der Waals surface area contributed by atoms with Gasteiger partial charge in [-0.25, -0.2) is 0 Å². The molecule has 4 heteroatoms. The molecule has 0 saturated carbocycles. The Balaban J connectivity index is 1.77. The third kappa shape index (κ3) is 4.13. The second-order valence-corrected chi connectivity index (χ2v) is 8.42. The molecule has 0 unspecified atom stereocenters. The second kappa shape index (κ2) is 6.34. The lowest BCUT2D eigenvalue weighted by molar-refractivity contribution is 0.0872. The molecule has 2 N–H and O–H groups in total. The summed E-state index contributed by atoms with van der Waals surface area (Å²) in [5.41, 5.74) is 1.60. The van der Waals surface area contributed by atoms with E-state index in [-0.39, 0.29) is 23.0 Å². The molecule has 0 aliphatic carbocycles. The van der Waals surface area contributed by atoms with Crippen molar-refractivity contribution < 1.29 is 9.21 Å². The van der Waals surface area contributed by atoms with E-state index in [9.17, 15) is 4.79 Å². The van der Waals surface area contributed by atoms with Gasteiger partial charge in [0.05, 0.1) is 5.56 Å². The van der Waals surface area contributed by atoms with Gasteiger partial charge in [-0.05, 0) is 53.5 Å². The number of hydrogen-bond donors (Lipinski definition) is 2. The number of carbonyl (C=O) groups is 1. The molecule has 0 bridgehead atoms. The molecular weight excluding hydrogens is 312 g/mol. The SMILES string of the molecule is Cc1oc(-c2ccccc2)cc1C(=O)NC1CC(C)(C)NC(C)(C)C1. The molecule has 1 aromatic carbocycles. The third-order valence-electron chi connectivity index (χ3n) is 4.75. The zero-order valence-electron chi connectivity index (χ0n) is 15.8. The van der Waals surface area contributed by atoms with E-state index in [1.54, 1.807) is 0 Å². The van der Waals surface area contributed by atoms with Crippen LogP contribution in [-0.2, 0) is 0 Å². The Kier molecular flexibility index (Phi) is 4.50. The van der Waals surface area contributed by atoms with Gasteiger partial charge in [0, 0.05) is 22.7 Å². The maximum Gasteiger partial charge on any atom is 0.255 e. The fourth-order valence-corrected chi connectivity index (χ4v) is 4.14. The zero-order valence-corrected chi connectivity index (χ0v) is 15.8. The van der Waals surface area contributed by atoms with Crippen molar-refractivity contribution in [1.29, 1.82) is 0 Å². The predicted octanol–water partition coefficient (Wildman–Crippen LogP) is 4.29. The predicted molar refractivity (Wildman–Crippen MR) is 101 cm³/mol. The van der Waals surface area contributed by atoms with Gasteiger partial charge < -0.3 is 15.1 Å². The zero-order chi connectivity index (χ0) is 18.2. The van der Waals surface area contributed by atoms with Crippen LogP contribution in [-0.4, -0.2) is 23.0 Å². The first kappa shape index (κ1) is 17.7. The van der Waals surface area contributed by atoms with Crippen LogP contribution >= 0.6 is 0 Å². The van der Waals surface area contributed by atoms with Crippen molar-refractivity contribution >= 4 is 5.91 Å². The normalized spacial score (nSPS) is 19.6. The summed E-state index contributed by atoms with van der Waals surface area (Å²) in [7, 11) is 0. The molecule has 3 rings (SSSR count). The smallest absolute Gasteiger partial charge is 0.255 e. The number of hydrogen-bond acceptors (Lipinski definition) is 3. The van der Waals surface area contributed by atoms with Crippen molar-refractivity contribution in [3.63, 3.8) is 0 Å². The summed E-state index contributed by atoms with van der Waals surface area (Å²) in [4.78, 5) is 12.8. The number of piperidine rings is 1. The second-order valence-electron chi connectivity index (χ2n) is 8.42. The molecule has 1 amide bonds. The number of amides is 1. The minimum Gasteiger partial charge on any atom is -0.461 e. The first-order valence-corrected chi connectivity index (χ1v) is 8.91. The van der Waals surface area contributed by atoms with Crippen LogP contribution in [0.5, 0.6) is 0 Å². The molecule has 25 heavy (non-hydrogen) atoms. The summed E-state index contributed by atoms with van der Waals surface area (Å²) in [5, 5.41) is 6.86. The van der Waals surface area contributed by atoms with E-state index < -0.39 is 0 Å². The molecule has 0 atom stereocenters. The molecule has 2 aromatic rings. The standard InChI is InChI=1S/C21H28N2O2/c1-14-17(11-18(25-14)15-9-7-6-8-10-15)19(24)22-16-12-20(2,3)23-21(4,5)13-16/h6-11,16,23H,12-13H2,1-5H3,(H,22,24). The number of nitrogens with one attached hydrogen (secondary N) is 2. The largest absolute Gasteiger partial charge is 0.461 e. The molecule has 1 aromatic heterocycles. The molecule has 134 valence electrons. The molecular formula is C21H28N2O2. The highest BCUT2D eigenvalue weighted by atomic mass is 16.3. The Morgan fingerprint density at radius 3 is 2.32 bits per heavy atom. The van der Waals surface area contributed by atoms with Crippen LogP contribution in [0.1, 0.15) is 56.7 Å². The van der Waals surface area contributed by atoms with Crippen LogP contribution in [0.3, 0.4) is 0 Å². The molecule has 2 heterocycles. The van der Waals surface area contributed by atoms with E-state index in [0.29, 0.717) is 11.3 Å². The summed E-state index contributed by atoms with van der Waals surface area (Å²) in [6.45, 7) is 10.6. The first-order valence-electron chi connectivity index (χ1n) is 8.91. The minimum absolute atomic E-state index is 0.000334. The Bertz CT molecular complexity index is 743. The molecule has 1 saturated heterocycles. The van der Waals surface area contributed by atoms with Gasteiger partial charge in [-0.3, -0.25) is 4.79 Å². The third-order valence-corrected chi connectivity index (χ3v) is 4.75. The Labute approximate surface area is 150 Å². The maximum absolute atomic E-state index is 12.8. The molecule has 1 fully saturated rings. The Hall–Kier alpha value is -2.07. The quantitative estimate of drug-likeness (QED) is 0.876. The van der Waals surface area contributed by atoms with E-state index in [1.807, 2.05) is 43.3 Å². The summed E-state index contributed by atoms with van der Waals surface area (Å²) in [6.07, 6.45) is 1.81. The number of aryl methyl sites for hydroxylation is 1. The Morgan fingerprint density at radius 1 is 1.12 bits per heavy atom. The van der Waals surface area contributed by atoms with E-state index in [0.717, 1.165) is 24.2 Å². The summed E-state index contributed by atoms with van der Waals surface area (Å²) in [5.74, 6) is 1.33. The summed E-state index contributed by atoms with van der Waals surface area (Å²) >= 11 is 0. The molecule has 0 radical (unpaired) electrons. The molecule has 0 spiro atoms. The lowest BCUT2D eigenvalue weighted by atomic mass is 9.79. The number of rotatable bonds is 3. The highest BCUT2D eigenvalue weighted by Crippen LogP contribution is 2.29. The molecule has 1 aliphatic heterocycles. The topological polar surface area (TPSA) is 54.3 Å². The van der Waals surface area contributed by atoms with E-state index >= 15 is 0 Å². The number of benzene rings is 1. The van der Waals surface area contributed by atoms with Crippen LogP contribution in [0.25, 0.3) is 11.3 Å². The average molecular weight is 340 g/mol. The van der Waals surface area contributed by atoms with Gasteiger partial charge in [0.15, 0.2) is 0 Å². The van der Waals surface area contributed by atoms with Crippen molar-refractivity contribution in [2.75, 3.05) is 0 Å². The van der Waals surface area contributed by atoms with Gasteiger partial charge in [0.2, 0.25) is 0 Å². The summed E-state index contributed by atoms with van der Waals surface area (Å²) in [6, 6.07) is 11.9. The fraction of sp³-hybridized carbons (Fsp3) is 0.476. The minimum atomic E-state index is -0.0538. The monoisotopic (exact) mass is 340 g/mol. The van der Waals surface area contributed by atoms with Crippen LogP contribution < -0.4 is 10.6 Å². The van der Waals surface area contributed by atoms with Crippen LogP contribution in [0.2, 0.25) is 0 Å². The number of carbonyl (C=O) groups excluding carboxylic acids is 1. The van der Waals surface area contributed by atoms with Crippen LogP contribution in [0, 0.1) is 6.92 Å². The van der Waals surface area contributed by atoms with Crippen molar-refractivity contribution in [1.82, 2.24) is 10.6 Å². The van der Waals surface area contributed by atoms with Crippen LogP contribution in [0.4, 0.5) is 0 Å². The van der Waals surface area contributed by atoms with Gasteiger partial charge in [0.1, 0.15) is 11.5 Å². The Morgan fingerprint density at radius 2 is 1.72 bits per heavy atom. The highest BCUT2D eigenvalue weighted by molar-refractivity contribution is 5.96. The summed E-state index contributed by atoms with van der Waals surface area (Å²) < 4.78 is 5.82.